The van der Waals surface area contributed by atoms with E-state index in [1.165, 1.54) is 6.92 Å². The van der Waals surface area contributed by atoms with E-state index < -0.39 is 15.5 Å². The summed E-state index contributed by atoms with van der Waals surface area (Å²) in [6.07, 6.45) is 0. The number of quaternary nitrogens is 1. The summed E-state index contributed by atoms with van der Waals surface area (Å²) in [6, 6.07) is 0. The Labute approximate surface area is 95.3 Å². The van der Waals surface area contributed by atoms with Crippen LogP contribution in [0.25, 0.3) is 0 Å². The van der Waals surface area contributed by atoms with Crippen molar-refractivity contribution in [2.75, 3.05) is 39.5 Å². The quantitative estimate of drug-likeness (QED) is 0.331. The summed E-state index contributed by atoms with van der Waals surface area (Å²) in [5.41, 5.74) is 0. The highest BCUT2D eigenvalue weighted by molar-refractivity contribution is 7.86. The molecule has 0 amide bonds. The van der Waals surface area contributed by atoms with Crippen LogP contribution in [-0.4, -0.2) is 77.6 Å². The third kappa shape index (κ3) is 3.96. The average Bonchev–Trinajstić information content (AvgIpc) is 2.16. The Morgan fingerprint density at radius 2 is 1.38 bits per heavy atom. The summed E-state index contributed by atoms with van der Waals surface area (Å²) in [7, 11) is -4.54. The zero-order valence-corrected chi connectivity index (χ0v) is 10.1. The van der Waals surface area contributed by atoms with Crippen LogP contribution in [-0.2, 0) is 10.1 Å². The Kier molecular flexibility index (Phi) is 6.38. The van der Waals surface area contributed by atoms with Gasteiger partial charge in [-0.2, -0.15) is 0 Å². The second kappa shape index (κ2) is 6.48. The first-order valence-corrected chi connectivity index (χ1v) is 6.44. The molecule has 7 nitrogen and oxygen atoms in total. The van der Waals surface area contributed by atoms with Gasteiger partial charge in [-0.1, -0.05) is 0 Å². The fourth-order valence-corrected chi connectivity index (χ4v) is 2.62. The van der Waals surface area contributed by atoms with Crippen LogP contribution in [0, 0.1) is 0 Å². The molecule has 3 N–H and O–H groups in total. The fraction of sp³-hybridized carbons (Fsp3) is 1.00. The molecule has 0 aliphatic heterocycles. The fourth-order valence-electron chi connectivity index (χ4n) is 1.75. The topological polar surface area (TPSA) is 118 Å². The minimum absolute atomic E-state index is 0.00373. The monoisotopic (exact) mass is 257 g/mol. The molecule has 1 unspecified atom stereocenters. The molecule has 0 spiro atoms. The molecule has 0 aromatic rings. The van der Waals surface area contributed by atoms with Gasteiger partial charge < -0.3 is 24.4 Å². The number of hydrogen-bond donors (Lipinski definition) is 3. The van der Waals surface area contributed by atoms with E-state index in [-0.39, 0.29) is 43.9 Å². The van der Waals surface area contributed by atoms with E-state index in [2.05, 4.69) is 0 Å². The van der Waals surface area contributed by atoms with Crippen LogP contribution in [0.5, 0.6) is 0 Å². The predicted octanol–water partition coefficient (Wildman–Crippen LogP) is -2.33. The van der Waals surface area contributed by atoms with Gasteiger partial charge in [0.2, 0.25) is 0 Å². The Balaban J connectivity index is 5.14. The van der Waals surface area contributed by atoms with Crippen molar-refractivity contribution < 1.29 is 32.8 Å². The molecule has 16 heavy (non-hydrogen) atoms. The van der Waals surface area contributed by atoms with Gasteiger partial charge in [0.1, 0.15) is 29.8 Å². The van der Waals surface area contributed by atoms with E-state index in [9.17, 15) is 13.0 Å². The highest BCUT2D eigenvalue weighted by atomic mass is 32.2. The molecule has 0 radical (unpaired) electrons. The van der Waals surface area contributed by atoms with Gasteiger partial charge >= 0.3 is 0 Å². The normalized spacial score (nSPS) is 15.1. The summed E-state index contributed by atoms with van der Waals surface area (Å²) in [6.45, 7) is 0.278. The predicted molar refractivity (Wildman–Crippen MR) is 55.3 cm³/mol. The molecule has 0 aromatic heterocycles. The van der Waals surface area contributed by atoms with Crippen molar-refractivity contribution in [3.63, 3.8) is 0 Å². The van der Waals surface area contributed by atoms with Gasteiger partial charge in [-0.05, 0) is 0 Å². The average molecular weight is 257 g/mol. The SMILES string of the molecule is CC([N+](CCO)(CCO)CCO)S(=O)(=O)[O-]. The first-order valence-electron chi connectivity index (χ1n) is 4.97. The Morgan fingerprint density at radius 1 is 1.06 bits per heavy atom. The third-order valence-electron chi connectivity index (χ3n) is 2.83. The van der Waals surface area contributed by atoms with E-state index in [0.717, 1.165) is 0 Å². The van der Waals surface area contributed by atoms with Crippen molar-refractivity contribution in [1.29, 1.82) is 0 Å². The standard InChI is InChI=1S/C8H19NO6S/c1-8(16(13,14)15)9(2-5-10,3-6-11)4-7-12/h8,10-12H,2-7H2,1H3. The van der Waals surface area contributed by atoms with Gasteiger partial charge in [-0.25, -0.2) is 8.42 Å². The molecule has 8 heteroatoms. The van der Waals surface area contributed by atoms with Crippen molar-refractivity contribution in [3.8, 4) is 0 Å². The van der Waals surface area contributed by atoms with Crippen molar-refractivity contribution in [2.45, 2.75) is 12.3 Å². The van der Waals surface area contributed by atoms with Crippen LogP contribution in [0.1, 0.15) is 6.92 Å². The molecule has 0 heterocycles. The molecule has 0 aromatic carbocycles. The minimum atomic E-state index is -4.54. The first-order chi connectivity index (χ1) is 7.34. The summed E-state index contributed by atoms with van der Waals surface area (Å²) in [5.74, 6) is 0. The third-order valence-corrected chi connectivity index (χ3v) is 4.11. The van der Waals surface area contributed by atoms with Gasteiger partial charge in [-0.15, -0.1) is 0 Å². The van der Waals surface area contributed by atoms with Crippen LogP contribution < -0.4 is 0 Å². The number of nitrogens with zero attached hydrogens (tertiary/aromatic N) is 1. The summed E-state index contributed by atoms with van der Waals surface area (Å²) >= 11 is 0. The summed E-state index contributed by atoms with van der Waals surface area (Å²) in [5, 5.41) is 25.4. The minimum Gasteiger partial charge on any atom is -0.743 e. The van der Waals surface area contributed by atoms with Gasteiger partial charge in [0, 0.05) is 6.92 Å². The zero-order chi connectivity index (χ0) is 12.8. The summed E-state index contributed by atoms with van der Waals surface area (Å²) in [4.78, 5) is 0. The van der Waals surface area contributed by atoms with Crippen LogP contribution in [0.4, 0.5) is 0 Å². The number of aliphatic hydroxyl groups excluding tert-OH is 3. The second-order valence-corrected chi connectivity index (χ2v) is 5.32. The molecule has 0 saturated carbocycles. The molecule has 98 valence electrons. The smallest absolute Gasteiger partial charge is 0.176 e. The maximum Gasteiger partial charge on any atom is 0.176 e. The molecule has 0 saturated heterocycles. The van der Waals surface area contributed by atoms with Gasteiger partial charge in [0.15, 0.2) is 5.37 Å². The van der Waals surface area contributed by atoms with E-state index in [1.54, 1.807) is 0 Å². The lowest BCUT2D eigenvalue weighted by molar-refractivity contribution is -0.937. The largest absolute Gasteiger partial charge is 0.743 e. The van der Waals surface area contributed by atoms with Gasteiger partial charge in [0.05, 0.1) is 19.8 Å². The number of rotatable bonds is 8. The lowest BCUT2D eigenvalue weighted by Gasteiger charge is -2.43. The van der Waals surface area contributed by atoms with Crippen molar-refractivity contribution in [3.05, 3.63) is 0 Å². The molecular formula is C8H19NO6S. The highest BCUT2D eigenvalue weighted by Crippen LogP contribution is 2.17. The molecule has 1 atom stereocenters. The molecule has 0 bridgehead atoms. The second-order valence-electron chi connectivity index (χ2n) is 3.65. The lowest BCUT2D eigenvalue weighted by Crippen LogP contribution is -2.61. The van der Waals surface area contributed by atoms with Gasteiger partial charge in [-0.3, -0.25) is 0 Å². The van der Waals surface area contributed by atoms with Crippen molar-refractivity contribution >= 4 is 10.1 Å². The molecular weight excluding hydrogens is 238 g/mol. The lowest BCUT2D eigenvalue weighted by atomic mass is 10.3. The Hall–Kier alpha value is -0.250. The van der Waals surface area contributed by atoms with Crippen molar-refractivity contribution in [1.82, 2.24) is 0 Å². The van der Waals surface area contributed by atoms with Crippen LogP contribution >= 0.6 is 0 Å². The van der Waals surface area contributed by atoms with Crippen LogP contribution in [0.2, 0.25) is 0 Å². The molecule has 0 aliphatic rings. The molecule has 0 fully saturated rings. The number of aliphatic hydroxyl groups is 3. The van der Waals surface area contributed by atoms with E-state index in [0.29, 0.717) is 0 Å². The maximum atomic E-state index is 11.0. The molecule has 0 aliphatic carbocycles. The molecule has 0 rings (SSSR count). The van der Waals surface area contributed by atoms with E-state index in [4.69, 9.17) is 15.3 Å². The summed E-state index contributed by atoms with van der Waals surface area (Å²) < 4.78 is 32.6. The maximum absolute atomic E-state index is 11.0. The van der Waals surface area contributed by atoms with Crippen LogP contribution in [0.3, 0.4) is 0 Å². The van der Waals surface area contributed by atoms with Gasteiger partial charge in [0.25, 0.3) is 0 Å². The zero-order valence-electron chi connectivity index (χ0n) is 9.24. The number of hydrogen-bond acceptors (Lipinski definition) is 6. The highest BCUT2D eigenvalue weighted by Gasteiger charge is 2.36. The van der Waals surface area contributed by atoms with E-state index >= 15 is 0 Å². The Bertz CT molecular complexity index is 274. The Morgan fingerprint density at radius 3 is 1.56 bits per heavy atom. The van der Waals surface area contributed by atoms with Crippen LogP contribution in [0.15, 0.2) is 0 Å². The van der Waals surface area contributed by atoms with E-state index in [1.807, 2.05) is 0 Å². The van der Waals surface area contributed by atoms with Crippen molar-refractivity contribution in [2.24, 2.45) is 0 Å². The first kappa shape index (κ1) is 15.8.